The molecular weight excluding hydrogens is 264 g/mol. The van der Waals surface area contributed by atoms with Gasteiger partial charge >= 0.3 is 0 Å². The summed E-state index contributed by atoms with van der Waals surface area (Å²) >= 11 is 0. The van der Waals surface area contributed by atoms with Crippen molar-refractivity contribution in [2.75, 3.05) is 11.5 Å². The summed E-state index contributed by atoms with van der Waals surface area (Å²) < 4.78 is 0. The van der Waals surface area contributed by atoms with Crippen molar-refractivity contribution in [3.05, 3.63) is 60.2 Å². The molecule has 0 bridgehead atoms. The van der Waals surface area contributed by atoms with Gasteiger partial charge in [0.25, 0.3) is 5.91 Å². The molecular formula is C17H18N2O2. The van der Waals surface area contributed by atoms with Crippen LogP contribution in [0.15, 0.2) is 54.6 Å². The first-order valence-electron chi connectivity index (χ1n) is 7.16. The van der Waals surface area contributed by atoms with Gasteiger partial charge in [0, 0.05) is 12.3 Å². The molecule has 0 spiro atoms. The molecule has 0 aliphatic carbocycles. The zero-order chi connectivity index (χ0) is 14.7. The molecule has 2 aromatic carbocycles. The van der Waals surface area contributed by atoms with E-state index in [0.717, 1.165) is 11.4 Å². The number of nitrogens with one attached hydrogen (secondary N) is 1. The van der Waals surface area contributed by atoms with E-state index < -0.39 is 0 Å². The summed E-state index contributed by atoms with van der Waals surface area (Å²) in [4.78, 5) is 14.4. The Hall–Kier alpha value is -2.33. The fraction of sp³-hybridized carbons (Fsp3) is 0.235. The summed E-state index contributed by atoms with van der Waals surface area (Å²) in [5, 5.41) is 12.1. The number of rotatable bonds is 4. The van der Waals surface area contributed by atoms with Gasteiger partial charge in [0.2, 0.25) is 0 Å². The van der Waals surface area contributed by atoms with Gasteiger partial charge in [0.15, 0.2) is 0 Å². The number of amides is 1. The van der Waals surface area contributed by atoms with Crippen molar-refractivity contribution in [2.24, 2.45) is 0 Å². The molecule has 1 heterocycles. The summed E-state index contributed by atoms with van der Waals surface area (Å²) in [5.41, 5.74) is 2.63. The molecule has 2 N–H and O–H groups in total. The van der Waals surface area contributed by atoms with Crippen LogP contribution in [0.25, 0.3) is 0 Å². The van der Waals surface area contributed by atoms with Crippen LogP contribution in [-0.2, 0) is 0 Å². The molecule has 1 aliphatic rings. The molecule has 4 heteroatoms. The second-order valence-electron chi connectivity index (χ2n) is 5.08. The topological polar surface area (TPSA) is 52.6 Å². The van der Waals surface area contributed by atoms with Crippen LogP contribution in [0, 0.1) is 0 Å². The molecule has 1 amide bonds. The van der Waals surface area contributed by atoms with Crippen LogP contribution < -0.4 is 10.2 Å². The zero-order valence-corrected chi connectivity index (χ0v) is 11.7. The van der Waals surface area contributed by atoms with E-state index in [1.807, 2.05) is 54.6 Å². The quantitative estimate of drug-likeness (QED) is 0.906. The average Bonchev–Trinajstić information content (AvgIpc) is 2.54. The molecule has 2 aromatic rings. The minimum absolute atomic E-state index is 0.0549. The molecule has 21 heavy (non-hydrogen) atoms. The fourth-order valence-electron chi connectivity index (χ4n) is 2.73. The van der Waals surface area contributed by atoms with Crippen molar-refractivity contribution in [3.63, 3.8) is 0 Å². The highest BCUT2D eigenvalue weighted by atomic mass is 16.3. The number of para-hydroxylation sites is 2. The maximum Gasteiger partial charge on any atom is 0.255 e. The van der Waals surface area contributed by atoms with E-state index in [0.29, 0.717) is 18.4 Å². The second-order valence-corrected chi connectivity index (χ2v) is 5.08. The largest absolute Gasteiger partial charge is 0.396 e. The number of carbonyl (C=O) groups is 1. The predicted octanol–water partition coefficient (Wildman–Crippen LogP) is 2.67. The number of carbonyl (C=O) groups excluding carboxylic acids is 1. The van der Waals surface area contributed by atoms with E-state index in [2.05, 4.69) is 10.2 Å². The number of nitrogens with zero attached hydrogens (tertiary/aromatic N) is 1. The van der Waals surface area contributed by atoms with Crippen molar-refractivity contribution in [2.45, 2.75) is 19.0 Å². The van der Waals surface area contributed by atoms with Crippen molar-refractivity contribution in [3.8, 4) is 0 Å². The standard InChI is InChI=1S/C17H18N2O2/c20-12-6-11-16-18-17(21)14-9-4-5-10-15(14)19(16)13-7-2-1-3-8-13/h1-5,7-10,16,20H,6,11-12H2,(H,18,21). The van der Waals surface area contributed by atoms with Gasteiger partial charge in [-0.15, -0.1) is 0 Å². The summed E-state index contributed by atoms with van der Waals surface area (Å²) in [7, 11) is 0. The molecule has 1 aliphatic heterocycles. The summed E-state index contributed by atoms with van der Waals surface area (Å²) in [6.45, 7) is 0.122. The van der Waals surface area contributed by atoms with E-state index in [-0.39, 0.29) is 18.7 Å². The highest BCUT2D eigenvalue weighted by Crippen LogP contribution is 2.34. The molecule has 0 saturated heterocycles. The maximum absolute atomic E-state index is 12.2. The number of hydrogen-bond acceptors (Lipinski definition) is 3. The van der Waals surface area contributed by atoms with Crippen molar-refractivity contribution >= 4 is 17.3 Å². The third kappa shape index (κ3) is 2.62. The summed E-state index contributed by atoms with van der Waals surface area (Å²) in [5.74, 6) is -0.0549. The molecule has 0 radical (unpaired) electrons. The van der Waals surface area contributed by atoms with Crippen LogP contribution in [0.2, 0.25) is 0 Å². The van der Waals surface area contributed by atoms with E-state index >= 15 is 0 Å². The lowest BCUT2D eigenvalue weighted by molar-refractivity contribution is 0.0925. The number of benzene rings is 2. The third-order valence-electron chi connectivity index (χ3n) is 3.69. The predicted molar refractivity (Wildman–Crippen MR) is 82.6 cm³/mol. The minimum atomic E-state index is -0.137. The van der Waals surface area contributed by atoms with Gasteiger partial charge in [-0.1, -0.05) is 30.3 Å². The molecule has 0 fully saturated rings. The van der Waals surface area contributed by atoms with Gasteiger partial charge in [-0.25, -0.2) is 0 Å². The summed E-state index contributed by atoms with van der Waals surface area (Å²) in [6.07, 6.45) is 1.21. The lowest BCUT2D eigenvalue weighted by Gasteiger charge is -2.39. The van der Waals surface area contributed by atoms with E-state index in [4.69, 9.17) is 5.11 Å². The van der Waals surface area contributed by atoms with E-state index in [1.165, 1.54) is 0 Å². The smallest absolute Gasteiger partial charge is 0.255 e. The van der Waals surface area contributed by atoms with Crippen molar-refractivity contribution < 1.29 is 9.90 Å². The van der Waals surface area contributed by atoms with Crippen LogP contribution in [-0.4, -0.2) is 23.8 Å². The highest BCUT2D eigenvalue weighted by molar-refractivity contribution is 6.03. The average molecular weight is 282 g/mol. The molecule has 4 nitrogen and oxygen atoms in total. The van der Waals surface area contributed by atoms with Crippen LogP contribution in [0.1, 0.15) is 23.2 Å². The molecule has 108 valence electrons. The molecule has 3 rings (SSSR count). The first-order valence-corrected chi connectivity index (χ1v) is 7.16. The van der Waals surface area contributed by atoms with E-state index in [1.54, 1.807) is 0 Å². The van der Waals surface area contributed by atoms with Crippen LogP contribution >= 0.6 is 0 Å². The molecule has 0 saturated carbocycles. The normalized spacial score (nSPS) is 17.3. The highest BCUT2D eigenvalue weighted by Gasteiger charge is 2.30. The lowest BCUT2D eigenvalue weighted by Crippen LogP contribution is -2.50. The van der Waals surface area contributed by atoms with Crippen LogP contribution in [0.4, 0.5) is 11.4 Å². The minimum Gasteiger partial charge on any atom is -0.396 e. The molecule has 0 aromatic heterocycles. The number of aliphatic hydroxyl groups is 1. The van der Waals surface area contributed by atoms with Gasteiger partial charge in [-0.3, -0.25) is 4.79 Å². The van der Waals surface area contributed by atoms with Gasteiger partial charge < -0.3 is 15.3 Å². The van der Waals surface area contributed by atoms with E-state index in [9.17, 15) is 4.79 Å². The monoisotopic (exact) mass is 282 g/mol. The number of fused-ring (bicyclic) bond motifs is 1. The Labute approximate surface area is 124 Å². The Morgan fingerprint density at radius 3 is 2.52 bits per heavy atom. The van der Waals surface area contributed by atoms with Gasteiger partial charge in [0.1, 0.15) is 6.17 Å². The van der Waals surface area contributed by atoms with Gasteiger partial charge in [-0.05, 0) is 37.1 Å². The zero-order valence-electron chi connectivity index (χ0n) is 11.7. The summed E-state index contributed by atoms with van der Waals surface area (Å²) in [6, 6.07) is 17.6. The van der Waals surface area contributed by atoms with Crippen molar-refractivity contribution in [1.29, 1.82) is 0 Å². The fourth-order valence-corrected chi connectivity index (χ4v) is 2.73. The van der Waals surface area contributed by atoms with Crippen LogP contribution in [0.3, 0.4) is 0 Å². The number of hydrogen-bond donors (Lipinski definition) is 2. The van der Waals surface area contributed by atoms with Gasteiger partial charge in [-0.2, -0.15) is 0 Å². The lowest BCUT2D eigenvalue weighted by atomic mass is 10.0. The Bertz CT molecular complexity index is 628. The second kappa shape index (κ2) is 5.97. The maximum atomic E-state index is 12.2. The SMILES string of the molecule is O=C1NC(CCCO)N(c2ccccc2)c2ccccc21. The number of aliphatic hydroxyl groups excluding tert-OH is 1. The van der Waals surface area contributed by atoms with Gasteiger partial charge in [0.05, 0.1) is 11.3 Å². The Morgan fingerprint density at radius 1 is 1.05 bits per heavy atom. The Balaban J connectivity index is 2.05. The first kappa shape index (κ1) is 13.6. The molecule has 1 unspecified atom stereocenters. The number of anilines is 2. The van der Waals surface area contributed by atoms with Crippen LogP contribution in [0.5, 0.6) is 0 Å². The Morgan fingerprint density at radius 2 is 1.76 bits per heavy atom. The van der Waals surface area contributed by atoms with Crippen molar-refractivity contribution in [1.82, 2.24) is 5.32 Å². The first-order chi connectivity index (χ1) is 10.3. The third-order valence-corrected chi connectivity index (χ3v) is 3.69. The Kier molecular flexibility index (Phi) is 3.88. The molecule has 1 atom stereocenters.